The van der Waals surface area contributed by atoms with E-state index in [4.69, 9.17) is 17.3 Å². The normalized spacial score (nSPS) is 16.5. The molecule has 0 spiro atoms. The zero-order valence-electron chi connectivity index (χ0n) is 14.1. The van der Waals surface area contributed by atoms with Gasteiger partial charge in [-0.15, -0.1) is 0 Å². The van der Waals surface area contributed by atoms with E-state index < -0.39 is 11.9 Å². The monoisotopic (exact) mass is 384 g/mol. The van der Waals surface area contributed by atoms with Gasteiger partial charge < -0.3 is 16.4 Å². The molecule has 0 aromatic heterocycles. The number of para-hydroxylation sites is 1. The van der Waals surface area contributed by atoms with E-state index in [0.29, 0.717) is 10.7 Å². The van der Waals surface area contributed by atoms with Crippen LogP contribution in [-0.4, -0.2) is 29.8 Å². The molecule has 27 heavy (non-hydrogen) atoms. The number of hydrogen-bond donors (Lipinski definition) is 4. The quantitative estimate of drug-likeness (QED) is 0.475. The van der Waals surface area contributed by atoms with E-state index in [1.54, 1.807) is 24.3 Å². The summed E-state index contributed by atoms with van der Waals surface area (Å²) in [6, 6.07) is 15.0. The number of anilines is 2. The Bertz CT molecular complexity index is 896. The lowest BCUT2D eigenvalue weighted by atomic mass is 10.2. The maximum atomic E-state index is 12.1. The van der Waals surface area contributed by atoms with E-state index in [-0.39, 0.29) is 24.2 Å². The Labute approximate surface area is 160 Å². The first-order valence-corrected chi connectivity index (χ1v) is 8.48. The van der Waals surface area contributed by atoms with Gasteiger partial charge in [-0.3, -0.25) is 14.9 Å². The van der Waals surface area contributed by atoms with Gasteiger partial charge in [-0.1, -0.05) is 29.8 Å². The average Bonchev–Trinajstić information content (AvgIpc) is 2.96. The van der Waals surface area contributed by atoms with Gasteiger partial charge in [-0.25, -0.2) is 4.99 Å². The Balaban J connectivity index is 1.59. The summed E-state index contributed by atoms with van der Waals surface area (Å²) in [6.45, 7) is 0. The maximum Gasteiger partial charge on any atom is 0.252 e. The van der Waals surface area contributed by atoms with Gasteiger partial charge in [0.05, 0.1) is 6.42 Å². The molecular weight excluding hydrogens is 368 g/mol. The first-order valence-electron chi connectivity index (χ1n) is 8.10. The Morgan fingerprint density at radius 3 is 2.48 bits per heavy atom. The van der Waals surface area contributed by atoms with E-state index in [2.05, 4.69) is 25.9 Å². The van der Waals surface area contributed by atoms with Crippen LogP contribution in [0.5, 0.6) is 0 Å². The van der Waals surface area contributed by atoms with Crippen molar-refractivity contribution in [1.82, 2.24) is 5.32 Å². The Hall–Kier alpha value is -3.39. The highest BCUT2D eigenvalue weighted by atomic mass is 35.5. The van der Waals surface area contributed by atoms with Crippen molar-refractivity contribution in [3.63, 3.8) is 0 Å². The topological polar surface area (TPSA) is 121 Å². The van der Waals surface area contributed by atoms with Crippen molar-refractivity contribution in [3.8, 4) is 0 Å². The molecule has 0 fully saturated rings. The summed E-state index contributed by atoms with van der Waals surface area (Å²) in [5, 5.41) is 8.64. The number of halogens is 1. The molecule has 1 atom stereocenters. The van der Waals surface area contributed by atoms with Gasteiger partial charge >= 0.3 is 0 Å². The van der Waals surface area contributed by atoms with Gasteiger partial charge in [0.25, 0.3) is 5.91 Å². The molecule has 2 aromatic carbocycles. The van der Waals surface area contributed by atoms with E-state index in [1.807, 2.05) is 30.3 Å². The van der Waals surface area contributed by atoms with E-state index in [1.165, 1.54) is 0 Å². The minimum Gasteiger partial charge on any atom is -0.369 e. The molecule has 0 saturated carbocycles. The smallest absolute Gasteiger partial charge is 0.252 e. The van der Waals surface area contributed by atoms with Gasteiger partial charge in [0, 0.05) is 16.4 Å². The molecule has 0 aliphatic carbocycles. The van der Waals surface area contributed by atoms with Gasteiger partial charge in [0.15, 0.2) is 0 Å². The molecule has 138 valence electrons. The van der Waals surface area contributed by atoms with Crippen molar-refractivity contribution in [2.45, 2.75) is 12.5 Å². The second-order valence-electron chi connectivity index (χ2n) is 5.71. The van der Waals surface area contributed by atoms with Crippen LogP contribution < -0.4 is 21.7 Å². The number of aliphatic imine (C=N–C) groups is 2. The lowest BCUT2D eigenvalue weighted by Gasteiger charge is -2.06. The van der Waals surface area contributed by atoms with Gasteiger partial charge in [0.1, 0.15) is 6.04 Å². The molecule has 0 radical (unpaired) electrons. The van der Waals surface area contributed by atoms with Crippen LogP contribution in [-0.2, 0) is 9.59 Å². The summed E-state index contributed by atoms with van der Waals surface area (Å²) < 4.78 is 0. The lowest BCUT2D eigenvalue weighted by molar-refractivity contribution is -0.123. The number of carbonyl (C=O) groups is 2. The second-order valence-corrected chi connectivity index (χ2v) is 6.14. The zero-order valence-corrected chi connectivity index (χ0v) is 14.9. The largest absolute Gasteiger partial charge is 0.369 e. The Morgan fingerprint density at radius 1 is 1.11 bits per heavy atom. The molecule has 5 N–H and O–H groups in total. The highest BCUT2D eigenvalue weighted by Crippen LogP contribution is 2.15. The first kappa shape index (κ1) is 18.4. The summed E-state index contributed by atoms with van der Waals surface area (Å²) in [4.78, 5) is 32.2. The van der Waals surface area contributed by atoms with Crippen LogP contribution in [0.4, 0.5) is 11.4 Å². The number of carbonyl (C=O) groups excluding carboxylic acids is 2. The summed E-state index contributed by atoms with van der Waals surface area (Å²) in [5.41, 5.74) is 7.15. The van der Waals surface area contributed by atoms with Crippen molar-refractivity contribution in [3.05, 3.63) is 59.6 Å². The summed E-state index contributed by atoms with van der Waals surface area (Å²) in [5.74, 6) is -0.619. The lowest BCUT2D eigenvalue weighted by Crippen LogP contribution is -2.32. The number of nitrogens with two attached hydrogens (primary N) is 1. The van der Waals surface area contributed by atoms with E-state index >= 15 is 0 Å². The molecular formula is C18H17ClN6O2. The van der Waals surface area contributed by atoms with Crippen molar-refractivity contribution in [1.29, 1.82) is 0 Å². The van der Waals surface area contributed by atoms with Gasteiger partial charge in [0.2, 0.25) is 17.8 Å². The number of guanidine groups is 2. The standard InChI is InChI=1S/C18H17ClN6O2/c19-11-6-8-13(9-7-11)21-15(26)10-14-16(27)24-18(23-14)25-17(20)22-12-4-2-1-3-5-12/h1-9,14H,10H2,(H,21,26)(H4,20,22,23,24,25,27)/t14-/m0/s1. The van der Waals surface area contributed by atoms with Crippen molar-refractivity contribution in [2.24, 2.45) is 15.7 Å². The molecule has 1 aliphatic rings. The predicted octanol–water partition coefficient (Wildman–Crippen LogP) is 1.95. The molecule has 3 rings (SSSR count). The fourth-order valence-electron chi connectivity index (χ4n) is 2.36. The third-order valence-electron chi connectivity index (χ3n) is 3.60. The molecule has 0 saturated heterocycles. The molecule has 1 aliphatic heterocycles. The average molecular weight is 385 g/mol. The predicted molar refractivity (Wildman–Crippen MR) is 106 cm³/mol. The molecule has 0 unspecified atom stereocenters. The Kier molecular flexibility index (Phi) is 5.68. The second kappa shape index (κ2) is 8.33. The highest BCUT2D eigenvalue weighted by molar-refractivity contribution is 6.30. The van der Waals surface area contributed by atoms with Gasteiger partial charge in [-0.05, 0) is 36.4 Å². The fourth-order valence-corrected chi connectivity index (χ4v) is 2.49. The maximum absolute atomic E-state index is 12.1. The molecule has 8 nitrogen and oxygen atoms in total. The van der Waals surface area contributed by atoms with E-state index in [9.17, 15) is 9.59 Å². The molecule has 9 heteroatoms. The van der Waals surface area contributed by atoms with Crippen LogP contribution in [0.3, 0.4) is 0 Å². The number of rotatable bonds is 4. The highest BCUT2D eigenvalue weighted by Gasteiger charge is 2.28. The van der Waals surface area contributed by atoms with Crippen molar-refractivity contribution < 1.29 is 9.59 Å². The Morgan fingerprint density at radius 2 is 1.78 bits per heavy atom. The van der Waals surface area contributed by atoms with Crippen LogP contribution in [0.25, 0.3) is 0 Å². The minimum atomic E-state index is -0.861. The van der Waals surface area contributed by atoms with Crippen LogP contribution in [0.1, 0.15) is 6.42 Å². The summed E-state index contributed by atoms with van der Waals surface area (Å²) in [7, 11) is 0. The van der Waals surface area contributed by atoms with Crippen LogP contribution in [0.15, 0.2) is 64.6 Å². The summed E-state index contributed by atoms with van der Waals surface area (Å²) in [6.07, 6.45) is -0.112. The minimum absolute atomic E-state index is 0.0604. The van der Waals surface area contributed by atoms with E-state index in [0.717, 1.165) is 5.69 Å². The van der Waals surface area contributed by atoms with Crippen LogP contribution >= 0.6 is 11.6 Å². The first-order chi connectivity index (χ1) is 13.0. The fraction of sp³-hybridized carbons (Fsp3) is 0.111. The molecule has 2 amide bonds. The third-order valence-corrected chi connectivity index (χ3v) is 3.85. The molecule has 0 bridgehead atoms. The number of amides is 2. The molecule has 2 aromatic rings. The zero-order chi connectivity index (χ0) is 19.2. The van der Waals surface area contributed by atoms with Crippen LogP contribution in [0.2, 0.25) is 5.02 Å². The number of nitrogens with zero attached hydrogens (tertiary/aromatic N) is 2. The van der Waals surface area contributed by atoms with Crippen molar-refractivity contribution in [2.75, 3.05) is 10.6 Å². The number of hydrogen-bond acceptors (Lipinski definition) is 4. The number of benzene rings is 2. The third kappa shape index (κ3) is 5.29. The van der Waals surface area contributed by atoms with Crippen molar-refractivity contribution >= 4 is 46.7 Å². The van der Waals surface area contributed by atoms with Crippen LogP contribution in [0, 0.1) is 0 Å². The molecule has 1 heterocycles. The summed E-state index contributed by atoms with van der Waals surface area (Å²) >= 11 is 5.80. The van der Waals surface area contributed by atoms with Gasteiger partial charge in [-0.2, -0.15) is 4.99 Å². The number of nitrogens with one attached hydrogen (secondary N) is 3. The SMILES string of the molecule is NC(=NC1=N[C@@H](CC(=O)Nc2ccc(Cl)cc2)C(=O)N1)Nc1ccccc1.